The number of rotatable bonds is 10. The van der Waals surface area contributed by atoms with Crippen molar-refractivity contribution in [3.8, 4) is 11.5 Å². The Morgan fingerprint density at radius 2 is 1.81 bits per heavy atom. The third-order valence-electron chi connectivity index (χ3n) is 4.09. The van der Waals surface area contributed by atoms with Gasteiger partial charge in [-0.2, -0.15) is 0 Å². The standard InChI is InChI=1S/C19H31N3O3S/c1-3-11-24-17-6-5-16(15-18(17)25-12-4-2)21-19(26)20-7-8-22-9-13-23-14-10-22/h5-6,15H,3-4,7-14H2,1-2H3,(H2,20,21,26)/p+1. The lowest BCUT2D eigenvalue weighted by molar-refractivity contribution is -0.906. The molecule has 0 atom stereocenters. The molecular weight excluding hydrogens is 350 g/mol. The smallest absolute Gasteiger partial charge is 0.170 e. The van der Waals surface area contributed by atoms with Crippen LogP contribution in [0.25, 0.3) is 0 Å². The largest absolute Gasteiger partial charge is 0.490 e. The Hall–Kier alpha value is -1.57. The Balaban J connectivity index is 1.83. The number of nitrogens with one attached hydrogen (secondary N) is 3. The Labute approximate surface area is 162 Å². The third kappa shape index (κ3) is 7.35. The van der Waals surface area contributed by atoms with Crippen LogP contribution < -0.4 is 25.0 Å². The van der Waals surface area contributed by atoms with Crippen molar-refractivity contribution < 1.29 is 19.1 Å². The zero-order chi connectivity index (χ0) is 18.6. The summed E-state index contributed by atoms with van der Waals surface area (Å²) in [5.41, 5.74) is 0.899. The highest BCUT2D eigenvalue weighted by molar-refractivity contribution is 7.80. The van der Waals surface area contributed by atoms with E-state index in [1.807, 2.05) is 18.2 Å². The Morgan fingerprint density at radius 1 is 1.12 bits per heavy atom. The quantitative estimate of drug-likeness (QED) is 0.533. The second kappa shape index (κ2) is 11.9. The van der Waals surface area contributed by atoms with E-state index in [1.165, 1.54) is 0 Å². The molecule has 1 aromatic carbocycles. The predicted molar refractivity (Wildman–Crippen MR) is 109 cm³/mol. The summed E-state index contributed by atoms with van der Waals surface area (Å²) in [6, 6.07) is 5.84. The van der Waals surface area contributed by atoms with Gasteiger partial charge < -0.3 is 29.7 Å². The van der Waals surface area contributed by atoms with Crippen LogP contribution in [0.3, 0.4) is 0 Å². The van der Waals surface area contributed by atoms with Crippen molar-refractivity contribution in [3.63, 3.8) is 0 Å². The van der Waals surface area contributed by atoms with Gasteiger partial charge in [0.2, 0.25) is 0 Å². The van der Waals surface area contributed by atoms with Crippen LogP contribution in [0, 0.1) is 0 Å². The van der Waals surface area contributed by atoms with E-state index in [-0.39, 0.29) is 0 Å². The molecule has 2 rings (SSSR count). The van der Waals surface area contributed by atoms with Gasteiger partial charge in [-0.05, 0) is 37.2 Å². The van der Waals surface area contributed by atoms with Crippen LogP contribution in [0.2, 0.25) is 0 Å². The maximum atomic E-state index is 5.82. The Kier molecular flexibility index (Phi) is 9.52. The van der Waals surface area contributed by atoms with Crippen LogP contribution >= 0.6 is 12.2 Å². The summed E-state index contributed by atoms with van der Waals surface area (Å²) in [7, 11) is 0. The van der Waals surface area contributed by atoms with Gasteiger partial charge in [0.25, 0.3) is 0 Å². The average Bonchev–Trinajstić information content (AvgIpc) is 2.66. The first kappa shape index (κ1) is 20.7. The molecule has 0 aromatic heterocycles. The molecule has 1 fully saturated rings. The van der Waals surface area contributed by atoms with Crippen molar-refractivity contribution in [2.75, 3.05) is 57.9 Å². The zero-order valence-electron chi connectivity index (χ0n) is 15.9. The molecule has 0 spiro atoms. The summed E-state index contributed by atoms with van der Waals surface area (Å²) in [4.78, 5) is 1.55. The minimum Gasteiger partial charge on any atom is -0.490 e. The van der Waals surface area contributed by atoms with Crippen molar-refractivity contribution in [1.82, 2.24) is 5.32 Å². The molecule has 0 amide bonds. The number of ether oxygens (including phenoxy) is 3. The molecular formula is C19H32N3O3S+. The Morgan fingerprint density at radius 3 is 2.50 bits per heavy atom. The molecule has 0 radical (unpaired) electrons. The fourth-order valence-corrected chi connectivity index (χ4v) is 2.90. The highest BCUT2D eigenvalue weighted by Gasteiger charge is 2.13. The maximum Gasteiger partial charge on any atom is 0.170 e. The molecule has 0 saturated carbocycles. The highest BCUT2D eigenvalue weighted by Crippen LogP contribution is 2.30. The molecule has 1 aliphatic rings. The molecule has 1 aliphatic heterocycles. The number of quaternary nitrogens is 1. The second-order valence-corrected chi connectivity index (χ2v) is 6.76. The topological polar surface area (TPSA) is 56.2 Å². The first-order chi connectivity index (χ1) is 12.7. The van der Waals surface area contributed by atoms with E-state index in [9.17, 15) is 0 Å². The van der Waals surface area contributed by atoms with Gasteiger partial charge in [0.1, 0.15) is 13.1 Å². The summed E-state index contributed by atoms with van der Waals surface area (Å²) >= 11 is 5.41. The number of morpholine rings is 1. The molecule has 0 bridgehead atoms. The molecule has 7 heteroatoms. The molecule has 0 aliphatic carbocycles. The third-order valence-corrected chi connectivity index (χ3v) is 4.34. The lowest BCUT2D eigenvalue weighted by atomic mass is 10.2. The van der Waals surface area contributed by atoms with Gasteiger partial charge >= 0.3 is 0 Å². The number of thiocarbonyl (C=S) groups is 1. The SMILES string of the molecule is CCCOc1ccc(NC(=S)NCC[NH+]2CCOCC2)cc1OCCC. The Bertz CT molecular complexity index is 551. The average molecular weight is 383 g/mol. The van der Waals surface area contributed by atoms with Gasteiger partial charge in [-0.25, -0.2) is 0 Å². The molecule has 1 saturated heterocycles. The molecule has 3 N–H and O–H groups in total. The van der Waals surface area contributed by atoms with Gasteiger partial charge in [0.15, 0.2) is 16.6 Å². The van der Waals surface area contributed by atoms with E-state index >= 15 is 0 Å². The molecule has 146 valence electrons. The van der Waals surface area contributed by atoms with E-state index in [2.05, 4.69) is 24.5 Å². The van der Waals surface area contributed by atoms with Crippen molar-refractivity contribution in [1.29, 1.82) is 0 Å². The first-order valence-corrected chi connectivity index (χ1v) is 9.99. The van der Waals surface area contributed by atoms with Crippen molar-refractivity contribution in [3.05, 3.63) is 18.2 Å². The van der Waals surface area contributed by atoms with Crippen LogP contribution in [0.5, 0.6) is 11.5 Å². The molecule has 6 nitrogen and oxygen atoms in total. The van der Waals surface area contributed by atoms with Crippen LogP contribution in [0.4, 0.5) is 5.69 Å². The fourth-order valence-electron chi connectivity index (χ4n) is 2.68. The van der Waals surface area contributed by atoms with E-state index < -0.39 is 0 Å². The van der Waals surface area contributed by atoms with E-state index in [4.69, 9.17) is 26.4 Å². The number of benzene rings is 1. The van der Waals surface area contributed by atoms with Crippen LogP contribution in [0.15, 0.2) is 18.2 Å². The monoisotopic (exact) mass is 382 g/mol. The number of anilines is 1. The van der Waals surface area contributed by atoms with Crippen molar-refractivity contribution in [2.45, 2.75) is 26.7 Å². The van der Waals surface area contributed by atoms with Crippen LogP contribution in [-0.4, -0.2) is 57.7 Å². The lowest BCUT2D eigenvalue weighted by Gasteiger charge is -2.24. The number of hydrogen-bond donors (Lipinski definition) is 3. The van der Waals surface area contributed by atoms with E-state index in [1.54, 1.807) is 4.90 Å². The van der Waals surface area contributed by atoms with E-state index in [0.717, 1.165) is 69.4 Å². The summed E-state index contributed by atoms with van der Waals surface area (Å²) in [6.07, 6.45) is 1.92. The molecule has 0 unspecified atom stereocenters. The summed E-state index contributed by atoms with van der Waals surface area (Å²) in [5, 5.41) is 7.13. The van der Waals surface area contributed by atoms with Gasteiger partial charge in [0, 0.05) is 11.8 Å². The van der Waals surface area contributed by atoms with Gasteiger partial charge in [-0.3, -0.25) is 0 Å². The molecule has 26 heavy (non-hydrogen) atoms. The first-order valence-electron chi connectivity index (χ1n) is 9.58. The predicted octanol–water partition coefficient (Wildman–Crippen LogP) is 1.47. The minimum absolute atomic E-state index is 0.626. The van der Waals surface area contributed by atoms with Gasteiger partial charge in [-0.1, -0.05) is 13.8 Å². The zero-order valence-corrected chi connectivity index (χ0v) is 16.8. The maximum absolute atomic E-state index is 5.82. The minimum atomic E-state index is 0.626. The molecule has 1 heterocycles. The van der Waals surface area contributed by atoms with Crippen LogP contribution in [-0.2, 0) is 4.74 Å². The van der Waals surface area contributed by atoms with E-state index in [0.29, 0.717) is 18.3 Å². The van der Waals surface area contributed by atoms with Crippen molar-refractivity contribution >= 4 is 23.0 Å². The highest BCUT2D eigenvalue weighted by atomic mass is 32.1. The lowest BCUT2D eigenvalue weighted by Crippen LogP contribution is -3.14. The van der Waals surface area contributed by atoms with Gasteiger partial charge in [0.05, 0.1) is 39.5 Å². The van der Waals surface area contributed by atoms with Crippen LogP contribution in [0.1, 0.15) is 26.7 Å². The summed E-state index contributed by atoms with van der Waals surface area (Å²) in [6.45, 7) is 11.2. The second-order valence-electron chi connectivity index (χ2n) is 6.35. The normalized spacial score (nSPS) is 14.7. The molecule has 1 aromatic rings. The summed E-state index contributed by atoms with van der Waals surface area (Å²) < 4.78 is 17.0. The number of hydrogen-bond acceptors (Lipinski definition) is 4. The summed E-state index contributed by atoms with van der Waals surface area (Å²) in [5.74, 6) is 1.53. The fraction of sp³-hybridized carbons (Fsp3) is 0.632. The van der Waals surface area contributed by atoms with Crippen molar-refractivity contribution in [2.24, 2.45) is 0 Å². The van der Waals surface area contributed by atoms with Gasteiger partial charge in [-0.15, -0.1) is 0 Å².